The van der Waals surface area contributed by atoms with Crippen LogP contribution in [0.4, 0.5) is 5.69 Å². The molecular formula is C11H15ClN2O3S. The number of anilines is 1. The van der Waals surface area contributed by atoms with Crippen LogP contribution < -0.4 is 5.32 Å². The maximum atomic E-state index is 11.7. The van der Waals surface area contributed by atoms with E-state index < -0.39 is 15.9 Å². The average Bonchev–Trinajstić information content (AvgIpc) is 2.23. The zero-order valence-corrected chi connectivity index (χ0v) is 12.0. The second-order valence-corrected chi connectivity index (χ2v) is 6.48. The predicted molar refractivity (Wildman–Crippen MR) is 72.3 cm³/mol. The van der Waals surface area contributed by atoms with Crippen LogP contribution in [0.2, 0.25) is 5.02 Å². The first-order valence-electron chi connectivity index (χ1n) is 5.18. The monoisotopic (exact) mass is 290 g/mol. The molecule has 5 nitrogen and oxygen atoms in total. The molecule has 0 unspecified atom stereocenters. The van der Waals surface area contributed by atoms with Crippen molar-refractivity contribution in [2.75, 3.05) is 25.2 Å². The Morgan fingerprint density at radius 1 is 1.44 bits per heavy atom. The van der Waals surface area contributed by atoms with E-state index in [0.29, 0.717) is 10.7 Å². The Hall–Kier alpha value is -1.11. The van der Waals surface area contributed by atoms with Crippen molar-refractivity contribution in [2.24, 2.45) is 0 Å². The van der Waals surface area contributed by atoms with Gasteiger partial charge in [0.1, 0.15) is 0 Å². The predicted octanol–water partition coefficient (Wildman–Crippen LogP) is 1.48. The molecule has 0 saturated carbocycles. The highest BCUT2D eigenvalue weighted by Gasteiger charge is 2.15. The summed E-state index contributed by atoms with van der Waals surface area (Å²) in [4.78, 5) is 11.7. The number of rotatable bonds is 4. The standard InChI is InChI=1S/C11H15ClN2O3S/c1-8-9(12)5-4-6-10(8)13-11(15)7-14(2)18(3,16)17/h4-6H,7H2,1-3H3,(H,13,15). The van der Waals surface area contributed by atoms with Crippen LogP contribution >= 0.6 is 11.6 Å². The zero-order valence-electron chi connectivity index (χ0n) is 10.4. The molecule has 0 aliphatic heterocycles. The van der Waals surface area contributed by atoms with Gasteiger partial charge in [0.2, 0.25) is 15.9 Å². The van der Waals surface area contributed by atoms with E-state index in [1.807, 2.05) is 0 Å². The quantitative estimate of drug-likeness (QED) is 0.913. The molecule has 0 spiro atoms. The molecule has 1 aromatic rings. The van der Waals surface area contributed by atoms with Crippen LogP contribution in [0.25, 0.3) is 0 Å². The fourth-order valence-electron chi connectivity index (χ4n) is 1.25. The molecule has 1 amide bonds. The van der Waals surface area contributed by atoms with Crippen molar-refractivity contribution < 1.29 is 13.2 Å². The van der Waals surface area contributed by atoms with Crippen LogP contribution in [-0.4, -0.2) is 38.5 Å². The van der Waals surface area contributed by atoms with E-state index in [1.165, 1.54) is 7.05 Å². The van der Waals surface area contributed by atoms with Gasteiger partial charge in [0, 0.05) is 17.8 Å². The molecule has 0 aliphatic carbocycles. The van der Waals surface area contributed by atoms with Crippen molar-refractivity contribution in [3.8, 4) is 0 Å². The van der Waals surface area contributed by atoms with E-state index >= 15 is 0 Å². The molecule has 1 rings (SSSR count). The van der Waals surface area contributed by atoms with Crippen molar-refractivity contribution in [2.45, 2.75) is 6.92 Å². The zero-order chi connectivity index (χ0) is 13.9. The van der Waals surface area contributed by atoms with Gasteiger partial charge in [-0.2, -0.15) is 4.31 Å². The van der Waals surface area contributed by atoms with Gasteiger partial charge in [0.25, 0.3) is 0 Å². The molecule has 0 bridgehead atoms. The number of halogens is 1. The lowest BCUT2D eigenvalue weighted by Crippen LogP contribution is -2.34. The minimum absolute atomic E-state index is 0.231. The van der Waals surface area contributed by atoms with Gasteiger partial charge in [-0.3, -0.25) is 4.79 Å². The number of nitrogens with zero attached hydrogens (tertiary/aromatic N) is 1. The van der Waals surface area contributed by atoms with Gasteiger partial charge in [-0.05, 0) is 24.6 Å². The van der Waals surface area contributed by atoms with Crippen molar-refractivity contribution in [1.29, 1.82) is 0 Å². The largest absolute Gasteiger partial charge is 0.325 e. The summed E-state index contributed by atoms with van der Waals surface area (Å²) in [5.41, 5.74) is 1.32. The van der Waals surface area contributed by atoms with Gasteiger partial charge >= 0.3 is 0 Å². The van der Waals surface area contributed by atoms with Crippen molar-refractivity contribution in [1.82, 2.24) is 4.31 Å². The number of hydrogen-bond donors (Lipinski definition) is 1. The number of hydrogen-bond acceptors (Lipinski definition) is 3. The van der Waals surface area contributed by atoms with Gasteiger partial charge in [0.05, 0.1) is 12.8 Å². The molecule has 7 heteroatoms. The lowest BCUT2D eigenvalue weighted by atomic mass is 10.2. The van der Waals surface area contributed by atoms with Gasteiger partial charge in [-0.15, -0.1) is 0 Å². The highest BCUT2D eigenvalue weighted by molar-refractivity contribution is 7.88. The number of likely N-dealkylation sites (N-methyl/N-ethyl adjacent to an activating group) is 1. The Kier molecular flexibility index (Phi) is 4.72. The molecule has 1 aromatic carbocycles. The Balaban J connectivity index is 2.74. The van der Waals surface area contributed by atoms with Gasteiger partial charge in [-0.25, -0.2) is 8.42 Å². The van der Waals surface area contributed by atoms with Crippen LogP contribution in [0.5, 0.6) is 0 Å². The maximum absolute atomic E-state index is 11.7. The Labute approximate surface area is 112 Å². The molecule has 100 valence electrons. The summed E-state index contributed by atoms with van der Waals surface area (Å²) in [6.45, 7) is 1.54. The van der Waals surface area contributed by atoms with Crippen molar-refractivity contribution >= 4 is 33.2 Å². The number of amides is 1. The average molecular weight is 291 g/mol. The van der Waals surface area contributed by atoms with E-state index in [2.05, 4.69) is 5.32 Å². The van der Waals surface area contributed by atoms with Crippen LogP contribution in [-0.2, 0) is 14.8 Å². The van der Waals surface area contributed by atoms with Crippen LogP contribution in [0.3, 0.4) is 0 Å². The lowest BCUT2D eigenvalue weighted by Gasteiger charge is -2.14. The number of benzene rings is 1. The topological polar surface area (TPSA) is 66.5 Å². The van der Waals surface area contributed by atoms with Crippen molar-refractivity contribution in [3.63, 3.8) is 0 Å². The molecule has 0 fully saturated rings. The first kappa shape index (κ1) is 14.9. The molecule has 0 atom stereocenters. The number of sulfonamides is 1. The van der Waals surface area contributed by atoms with Crippen LogP contribution in [0, 0.1) is 6.92 Å². The third-order valence-electron chi connectivity index (χ3n) is 2.47. The Bertz CT molecular complexity index is 557. The van der Waals surface area contributed by atoms with Gasteiger partial charge in [0.15, 0.2) is 0 Å². The van der Waals surface area contributed by atoms with E-state index in [0.717, 1.165) is 16.1 Å². The third-order valence-corrected chi connectivity index (χ3v) is 4.15. The van der Waals surface area contributed by atoms with Crippen LogP contribution in [0.1, 0.15) is 5.56 Å². The van der Waals surface area contributed by atoms with E-state index in [-0.39, 0.29) is 6.54 Å². The number of carbonyl (C=O) groups excluding carboxylic acids is 1. The first-order valence-corrected chi connectivity index (χ1v) is 7.40. The summed E-state index contributed by atoms with van der Waals surface area (Å²) in [5.74, 6) is -0.409. The lowest BCUT2D eigenvalue weighted by molar-refractivity contribution is -0.116. The minimum atomic E-state index is -3.36. The highest BCUT2D eigenvalue weighted by Crippen LogP contribution is 2.22. The molecule has 0 radical (unpaired) electrons. The van der Waals surface area contributed by atoms with Gasteiger partial charge < -0.3 is 5.32 Å². The summed E-state index contributed by atoms with van der Waals surface area (Å²) in [6.07, 6.45) is 1.05. The highest BCUT2D eigenvalue weighted by atomic mass is 35.5. The summed E-state index contributed by atoms with van der Waals surface area (Å²) < 4.78 is 23.3. The number of carbonyl (C=O) groups is 1. The summed E-state index contributed by atoms with van der Waals surface area (Å²) in [7, 11) is -2.02. The Morgan fingerprint density at radius 2 is 2.06 bits per heavy atom. The summed E-state index contributed by atoms with van der Waals surface area (Å²) in [5, 5.41) is 3.17. The molecule has 0 saturated heterocycles. The maximum Gasteiger partial charge on any atom is 0.239 e. The second-order valence-electron chi connectivity index (χ2n) is 3.98. The molecule has 0 heterocycles. The fraction of sp³-hybridized carbons (Fsp3) is 0.364. The van der Waals surface area contributed by atoms with E-state index in [9.17, 15) is 13.2 Å². The fourth-order valence-corrected chi connectivity index (χ4v) is 1.78. The second kappa shape index (κ2) is 5.69. The minimum Gasteiger partial charge on any atom is -0.325 e. The summed E-state index contributed by atoms with van der Waals surface area (Å²) >= 11 is 5.92. The number of nitrogens with one attached hydrogen (secondary N) is 1. The van der Waals surface area contributed by atoms with Crippen LogP contribution in [0.15, 0.2) is 18.2 Å². The van der Waals surface area contributed by atoms with E-state index in [1.54, 1.807) is 25.1 Å². The summed E-state index contributed by atoms with van der Waals surface area (Å²) in [6, 6.07) is 5.14. The normalized spacial score (nSPS) is 11.6. The molecule has 0 aromatic heterocycles. The molecule has 1 N–H and O–H groups in total. The van der Waals surface area contributed by atoms with Gasteiger partial charge in [-0.1, -0.05) is 17.7 Å². The third kappa shape index (κ3) is 3.97. The van der Waals surface area contributed by atoms with Crippen molar-refractivity contribution in [3.05, 3.63) is 28.8 Å². The molecule has 0 aliphatic rings. The SMILES string of the molecule is Cc1c(Cl)cccc1NC(=O)CN(C)S(C)(=O)=O. The molecule has 18 heavy (non-hydrogen) atoms. The Morgan fingerprint density at radius 3 is 2.61 bits per heavy atom. The first-order chi connectivity index (χ1) is 8.21. The smallest absolute Gasteiger partial charge is 0.239 e. The molecular weight excluding hydrogens is 276 g/mol. The van der Waals surface area contributed by atoms with E-state index in [4.69, 9.17) is 11.6 Å².